The molecule has 0 saturated heterocycles. The van der Waals surface area contributed by atoms with Crippen molar-refractivity contribution in [3.63, 3.8) is 0 Å². The molecule has 3 N–H and O–H groups in total. The van der Waals surface area contributed by atoms with Crippen LogP contribution in [-0.4, -0.2) is 59.8 Å². The average molecular weight is 545 g/mol. The van der Waals surface area contributed by atoms with E-state index < -0.39 is 17.7 Å². The third-order valence-corrected chi connectivity index (χ3v) is 7.81. The first-order valence-electron chi connectivity index (χ1n) is 13.3. The molecule has 4 aromatic rings. The third kappa shape index (κ3) is 5.40. The molecule has 4 aromatic heterocycles. The molecule has 1 aliphatic carbocycles. The van der Waals surface area contributed by atoms with Crippen LogP contribution in [0.3, 0.4) is 0 Å². The number of rotatable bonds is 8. The zero-order valence-corrected chi connectivity index (χ0v) is 22.8. The number of hydrogen-bond acceptors (Lipinski definition) is 7. The number of aliphatic hydroxyl groups is 1. The number of primary amides is 1. The number of nitriles is 1. The van der Waals surface area contributed by atoms with Crippen LogP contribution in [0.5, 0.6) is 0 Å². The van der Waals surface area contributed by atoms with E-state index in [2.05, 4.69) is 21.3 Å². The number of fused-ring (bicyclic) bond motifs is 1. The molecule has 1 amide bonds. The van der Waals surface area contributed by atoms with Crippen LogP contribution < -0.4 is 10.6 Å². The number of carbonyl (C=O) groups is 1. The molecule has 4 heterocycles. The van der Waals surface area contributed by atoms with Gasteiger partial charge >= 0.3 is 0 Å². The Morgan fingerprint density at radius 3 is 2.60 bits per heavy atom. The molecule has 10 nitrogen and oxygen atoms in total. The van der Waals surface area contributed by atoms with E-state index in [9.17, 15) is 15.2 Å². The number of pyridine rings is 1. The highest BCUT2D eigenvalue weighted by molar-refractivity contribution is 5.99. The highest BCUT2D eigenvalue weighted by Gasteiger charge is 2.35. The van der Waals surface area contributed by atoms with E-state index in [-0.39, 0.29) is 18.2 Å². The van der Waals surface area contributed by atoms with Gasteiger partial charge in [0.15, 0.2) is 0 Å². The molecule has 1 saturated carbocycles. The van der Waals surface area contributed by atoms with Crippen LogP contribution >= 0.6 is 0 Å². The number of anilines is 1. The van der Waals surface area contributed by atoms with E-state index in [0.29, 0.717) is 34.1 Å². The van der Waals surface area contributed by atoms with Crippen molar-refractivity contribution in [3.8, 4) is 17.5 Å². The van der Waals surface area contributed by atoms with Crippen LogP contribution in [0.2, 0.25) is 0 Å². The Bertz CT molecular complexity index is 1570. The second-order valence-corrected chi connectivity index (χ2v) is 11.1. The summed E-state index contributed by atoms with van der Waals surface area (Å²) in [4.78, 5) is 18.9. The van der Waals surface area contributed by atoms with Crippen LogP contribution in [-0.2, 0) is 7.05 Å². The van der Waals surface area contributed by atoms with E-state index in [4.69, 9.17) is 5.73 Å². The Morgan fingerprint density at radius 2 is 1.98 bits per heavy atom. The van der Waals surface area contributed by atoms with Gasteiger partial charge < -0.3 is 15.7 Å². The van der Waals surface area contributed by atoms with Gasteiger partial charge in [-0.1, -0.05) is 0 Å². The summed E-state index contributed by atoms with van der Waals surface area (Å²) < 4.78 is 18.9. The van der Waals surface area contributed by atoms with Gasteiger partial charge in [0.05, 0.1) is 58.3 Å². The van der Waals surface area contributed by atoms with E-state index in [1.54, 1.807) is 21.3 Å². The zero-order valence-electron chi connectivity index (χ0n) is 22.8. The maximum atomic E-state index is 15.5. The Kier molecular flexibility index (Phi) is 7.29. The van der Waals surface area contributed by atoms with Crippen molar-refractivity contribution in [2.45, 2.75) is 63.3 Å². The van der Waals surface area contributed by atoms with Gasteiger partial charge in [0.1, 0.15) is 12.2 Å². The number of alkyl halides is 1. The first-order chi connectivity index (χ1) is 19.0. The molecule has 208 valence electrons. The van der Waals surface area contributed by atoms with E-state index in [0.717, 1.165) is 25.7 Å². The van der Waals surface area contributed by atoms with Crippen LogP contribution in [0.4, 0.5) is 10.1 Å². The minimum absolute atomic E-state index is 0.0813. The van der Waals surface area contributed by atoms with Gasteiger partial charge in [0, 0.05) is 25.5 Å². The molecule has 0 aliphatic heterocycles. The van der Waals surface area contributed by atoms with Gasteiger partial charge in [-0.15, -0.1) is 0 Å². The third-order valence-electron chi connectivity index (χ3n) is 7.81. The molecule has 0 unspecified atom stereocenters. The van der Waals surface area contributed by atoms with E-state index in [1.807, 2.05) is 36.5 Å². The summed E-state index contributed by atoms with van der Waals surface area (Å²) in [7, 11) is 1.90. The fraction of sp³-hybridized carbons (Fsp3) is 0.414. The maximum absolute atomic E-state index is 15.5. The highest BCUT2D eigenvalue weighted by Crippen LogP contribution is 2.38. The summed E-state index contributed by atoms with van der Waals surface area (Å²) in [5.74, 6) is -0.319. The number of nitrogens with zero attached hydrogens (tertiary/aromatic N) is 7. The van der Waals surface area contributed by atoms with Gasteiger partial charge in [0.25, 0.3) is 5.91 Å². The van der Waals surface area contributed by atoms with E-state index >= 15 is 4.39 Å². The molecule has 1 fully saturated rings. The minimum atomic E-state index is -1.58. The lowest BCUT2D eigenvalue weighted by molar-refractivity contribution is -0.000439. The van der Waals surface area contributed by atoms with Crippen molar-refractivity contribution >= 4 is 17.1 Å². The summed E-state index contributed by atoms with van der Waals surface area (Å²) in [5, 5.41) is 28.4. The number of carbonyl (C=O) groups excluding carboxylic acids is 1. The molecule has 0 bridgehead atoms. The predicted octanol–water partition coefficient (Wildman–Crippen LogP) is 3.74. The van der Waals surface area contributed by atoms with Crippen LogP contribution in [0.15, 0.2) is 49.1 Å². The first kappa shape index (κ1) is 27.3. The molecular formula is C29H33FN8O2. The number of nitrogens with two attached hydrogens (primary N) is 1. The summed E-state index contributed by atoms with van der Waals surface area (Å²) >= 11 is 0. The summed E-state index contributed by atoms with van der Waals surface area (Å²) in [6.45, 7) is 2.76. The fourth-order valence-corrected chi connectivity index (χ4v) is 5.48. The molecule has 0 radical (unpaired) electrons. The molecule has 1 aliphatic rings. The first-order valence-corrected chi connectivity index (χ1v) is 13.3. The number of aromatic nitrogens is 5. The Morgan fingerprint density at radius 1 is 1.23 bits per heavy atom. The lowest BCUT2D eigenvalue weighted by Crippen LogP contribution is -2.48. The Labute approximate surface area is 231 Å². The predicted molar refractivity (Wildman–Crippen MR) is 148 cm³/mol. The normalized spacial score (nSPS) is 18.4. The van der Waals surface area contributed by atoms with Gasteiger partial charge in [-0.3, -0.25) is 14.5 Å². The molecule has 0 spiro atoms. The number of hydrogen-bond donors (Lipinski definition) is 2. The van der Waals surface area contributed by atoms with Gasteiger partial charge in [0.2, 0.25) is 0 Å². The van der Waals surface area contributed by atoms with Gasteiger partial charge in [-0.05, 0) is 75.3 Å². The van der Waals surface area contributed by atoms with Crippen LogP contribution in [0, 0.1) is 11.3 Å². The Hall–Kier alpha value is -4.30. The molecular weight excluding hydrogens is 511 g/mol. The second kappa shape index (κ2) is 10.7. The number of amides is 1. The Balaban J connectivity index is 1.54. The lowest BCUT2D eigenvalue weighted by atomic mass is 9.82. The molecule has 0 aromatic carbocycles. The summed E-state index contributed by atoms with van der Waals surface area (Å²) in [6, 6.07) is 9.13. The van der Waals surface area contributed by atoms with Crippen molar-refractivity contribution in [2.24, 2.45) is 12.8 Å². The SMILES string of the molecule is Cn1cc(C2CCC(N(C[C@@H](F)C(C)(C)O)c3cc(-c4ccc5cc(C#N)cnn45)ncc3C(N)=O)CC2)cn1. The van der Waals surface area contributed by atoms with Crippen LogP contribution in [0.25, 0.3) is 16.9 Å². The molecule has 40 heavy (non-hydrogen) atoms. The lowest BCUT2D eigenvalue weighted by Gasteiger charge is -2.41. The highest BCUT2D eigenvalue weighted by atomic mass is 19.1. The van der Waals surface area contributed by atoms with Gasteiger partial charge in [-0.2, -0.15) is 15.5 Å². The van der Waals surface area contributed by atoms with Crippen molar-refractivity contribution < 1.29 is 14.3 Å². The molecule has 11 heteroatoms. The molecule has 1 atom stereocenters. The maximum Gasteiger partial charge on any atom is 0.252 e. The van der Waals surface area contributed by atoms with Crippen molar-refractivity contribution in [1.82, 2.24) is 24.4 Å². The van der Waals surface area contributed by atoms with Crippen molar-refractivity contribution in [2.75, 3.05) is 11.4 Å². The zero-order chi connectivity index (χ0) is 28.6. The number of halogens is 1. The average Bonchev–Trinajstić information content (AvgIpc) is 3.56. The summed E-state index contributed by atoms with van der Waals surface area (Å²) in [6.07, 6.45) is 8.52. The van der Waals surface area contributed by atoms with Crippen molar-refractivity contribution in [3.05, 3.63) is 65.7 Å². The topological polar surface area (TPSA) is 138 Å². The van der Waals surface area contributed by atoms with Crippen molar-refractivity contribution in [1.29, 1.82) is 5.26 Å². The second-order valence-electron chi connectivity index (χ2n) is 11.1. The van der Waals surface area contributed by atoms with Crippen LogP contribution in [0.1, 0.15) is 66.9 Å². The fourth-order valence-electron chi connectivity index (χ4n) is 5.48. The minimum Gasteiger partial charge on any atom is -0.387 e. The smallest absolute Gasteiger partial charge is 0.252 e. The standard InChI is InChI=1S/C29H33FN8O2/c1-29(2,40)27(30)17-37(21-6-4-19(5-7-21)20-14-34-36(3)16-20)26-11-24(33-15-23(26)28(32)39)25-9-8-22-10-18(12-31)13-35-38(22)25/h8-11,13-16,19,21,27,40H,4-7,17H2,1-3H3,(H2,32,39)/t19?,21?,27-/m1/s1. The monoisotopic (exact) mass is 544 g/mol. The van der Waals surface area contributed by atoms with Gasteiger partial charge in [-0.25, -0.2) is 8.91 Å². The summed E-state index contributed by atoms with van der Waals surface area (Å²) in [5.41, 5.74) is 8.36. The largest absolute Gasteiger partial charge is 0.387 e. The van der Waals surface area contributed by atoms with E-state index in [1.165, 1.54) is 31.8 Å². The number of aryl methyl sites for hydroxylation is 1. The molecule has 5 rings (SSSR count). The quantitative estimate of drug-likeness (QED) is 0.345.